The van der Waals surface area contributed by atoms with Crippen molar-refractivity contribution in [3.8, 4) is 5.75 Å². The van der Waals surface area contributed by atoms with Crippen LogP contribution >= 0.6 is 0 Å². The minimum absolute atomic E-state index is 0.00789. The van der Waals surface area contributed by atoms with E-state index in [1.807, 2.05) is 47.6 Å². The van der Waals surface area contributed by atoms with Crippen molar-refractivity contribution in [3.63, 3.8) is 0 Å². The Bertz CT molecular complexity index is 848. The van der Waals surface area contributed by atoms with Crippen LogP contribution in [0.2, 0.25) is 0 Å². The van der Waals surface area contributed by atoms with Crippen LogP contribution in [-0.4, -0.2) is 39.1 Å². The summed E-state index contributed by atoms with van der Waals surface area (Å²) < 4.78 is 8.81. The fraction of sp³-hybridized carbons (Fsp3) is 0.353. The summed E-state index contributed by atoms with van der Waals surface area (Å²) in [5.74, 6) is 0.778. The zero-order valence-electron chi connectivity index (χ0n) is 14.1. The number of amides is 1. The molecule has 7 heteroatoms. The van der Waals surface area contributed by atoms with Crippen LogP contribution < -0.4 is 10.1 Å². The summed E-state index contributed by atoms with van der Waals surface area (Å²) >= 11 is 0. The maximum atomic E-state index is 12.0. The van der Waals surface area contributed by atoms with Crippen molar-refractivity contribution >= 4 is 16.9 Å². The number of aromatic nitrogens is 4. The number of aryl methyl sites for hydroxylation is 2. The summed E-state index contributed by atoms with van der Waals surface area (Å²) in [5.41, 5.74) is 3.91. The molecule has 3 aromatic rings. The first-order chi connectivity index (χ1) is 11.6. The van der Waals surface area contributed by atoms with Gasteiger partial charge >= 0.3 is 0 Å². The number of nitrogens with one attached hydrogen (secondary N) is 1. The first-order valence-electron chi connectivity index (χ1n) is 7.83. The van der Waals surface area contributed by atoms with Gasteiger partial charge in [0.25, 0.3) is 0 Å². The summed E-state index contributed by atoms with van der Waals surface area (Å²) in [5, 5.41) is 11.7. The lowest BCUT2D eigenvalue weighted by molar-refractivity contribution is -0.120. The van der Waals surface area contributed by atoms with Gasteiger partial charge in [-0.1, -0.05) is 12.1 Å². The summed E-state index contributed by atoms with van der Waals surface area (Å²) in [6, 6.07) is 7.51. The number of benzene rings is 1. The van der Waals surface area contributed by atoms with Crippen LogP contribution in [0.1, 0.15) is 11.3 Å². The van der Waals surface area contributed by atoms with Crippen molar-refractivity contribution in [1.82, 2.24) is 24.9 Å². The minimum Gasteiger partial charge on any atom is -0.497 e. The predicted molar refractivity (Wildman–Crippen MR) is 90.9 cm³/mol. The van der Waals surface area contributed by atoms with Gasteiger partial charge in [0.2, 0.25) is 5.91 Å². The molecule has 0 fully saturated rings. The number of methoxy groups -OCH3 is 1. The minimum atomic E-state index is -0.00789. The van der Waals surface area contributed by atoms with Crippen LogP contribution in [0.4, 0.5) is 0 Å². The van der Waals surface area contributed by atoms with E-state index in [0.717, 1.165) is 28.0 Å². The quantitative estimate of drug-likeness (QED) is 0.743. The van der Waals surface area contributed by atoms with Crippen LogP contribution in [0.3, 0.4) is 0 Å². The van der Waals surface area contributed by atoms with Gasteiger partial charge < -0.3 is 10.1 Å². The maximum absolute atomic E-state index is 12.0. The molecule has 0 saturated heterocycles. The average molecular weight is 327 g/mol. The van der Waals surface area contributed by atoms with Crippen molar-refractivity contribution in [2.45, 2.75) is 19.9 Å². The van der Waals surface area contributed by atoms with Crippen LogP contribution in [-0.2, 0) is 24.8 Å². The number of carbonyl (C=O) groups excluding carboxylic acids is 1. The normalized spacial score (nSPS) is 11.0. The second-order valence-corrected chi connectivity index (χ2v) is 5.69. The van der Waals surface area contributed by atoms with Crippen molar-refractivity contribution in [2.24, 2.45) is 7.05 Å². The van der Waals surface area contributed by atoms with E-state index >= 15 is 0 Å². The molecular formula is C17H21N5O2. The van der Waals surface area contributed by atoms with E-state index in [1.165, 1.54) is 0 Å². The van der Waals surface area contributed by atoms with Gasteiger partial charge in [0.05, 0.1) is 32.0 Å². The third kappa shape index (κ3) is 3.24. The fourth-order valence-electron chi connectivity index (χ4n) is 2.77. The van der Waals surface area contributed by atoms with Crippen molar-refractivity contribution < 1.29 is 9.53 Å². The summed E-state index contributed by atoms with van der Waals surface area (Å²) in [6.07, 6.45) is 2.15. The lowest BCUT2D eigenvalue weighted by Gasteiger charge is -2.07. The SMILES string of the molecule is COc1ccc(CC(=O)NCCn2ncc3c2c(C)nn3C)cc1. The Morgan fingerprint density at radius 3 is 2.75 bits per heavy atom. The number of fused-ring (bicyclic) bond motifs is 1. The van der Waals surface area contributed by atoms with Gasteiger partial charge in [-0.25, -0.2) is 0 Å². The Labute approximate surface area is 140 Å². The van der Waals surface area contributed by atoms with Crippen LogP contribution in [0, 0.1) is 6.92 Å². The lowest BCUT2D eigenvalue weighted by atomic mass is 10.1. The molecule has 2 heterocycles. The van der Waals surface area contributed by atoms with E-state index in [4.69, 9.17) is 4.74 Å². The third-order valence-corrected chi connectivity index (χ3v) is 3.98. The molecule has 0 aliphatic heterocycles. The standard InChI is InChI=1S/C17H21N5O2/c1-12-17-15(21(2)20-12)11-19-22(17)9-8-18-16(23)10-13-4-6-14(24-3)7-5-13/h4-7,11H,8-10H2,1-3H3,(H,18,23). The molecule has 0 aliphatic rings. The van der Waals surface area contributed by atoms with Gasteiger partial charge in [0.15, 0.2) is 0 Å². The number of nitrogens with zero attached hydrogens (tertiary/aromatic N) is 4. The third-order valence-electron chi connectivity index (χ3n) is 3.98. The molecule has 0 spiro atoms. The molecule has 126 valence electrons. The van der Waals surface area contributed by atoms with Crippen molar-refractivity contribution in [3.05, 3.63) is 41.7 Å². The maximum Gasteiger partial charge on any atom is 0.224 e. The molecule has 24 heavy (non-hydrogen) atoms. The topological polar surface area (TPSA) is 74.0 Å². The number of hydrogen-bond donors (Lipinski definition) is 1. The molecular weight excluding hydrogens is 306 g/mol. The largest absolute Gasteiger partial charge is 0.497 e. The molecule has 3 rings (SSSR count). The van der Waals surface area contributed by atoms with Gasteiger partial charge in [-0.05, 0) is 24.6 Å². The van der Waals surface area contributed by atoms with E-state index in [2.05, 4.69) is 15.5 Å². The zero-order valence-corrected chi connectivity index (χ0v) is 14.1. The van der Waals surface area contributed by atoms with Crippen molar-refractivity contribution in [2.75, 3.05) is 13.7 Å². The lowest BCUT2D eigenvalue weighted by Crippen LogP contribution is -2.28. The Hall–Kier alpha value is -2.83. The molecule has 1 amide bonds. The van der Waals surface area contributed by atoms with Crippen LogP contribution in [0.25, 0.3) is 11.0 Å². The van der Waals surface area contributed by atoms with E-state index < -0.39 is 0 Å². The van der Waals surface area contributed by atoms with Gasteiger partial charge in [-0.2, -0.15) is 10.2 Å². The molecule has 1 N–H and O–H groups in total. The van der Waals surface area contributed by atoms with E-state index in [9.17, 15) is 4.79 Å². The Morgan fingerprint density at radius 1 is 1.29 bits per heavy atom. The Kier molecular flexibility index (Phi) is 4.50. The van der Waals surface area contributed by atoms with Crippen LogP contribution in [0.5, 0.6) is 5.75 Å². The number of rotatable bonds is 6. The highest BCUT2D eigenvalue weighted by molar-refractivity contribution is 5.79. The second-order valence-electron chi connectivity index (χ2n) is 5.69. The summed E-state index contributed by atoms with van der Waals surface area (Å²) in [4.78, 5) is 12.0. The number of carbonyl (C=O) groups is 1. The molecule has 0 aliphatic carbocycles. The molecule has 0 bridgehead atoms. The Morgan fingerprint density at radius 2 is 2.04 bits per heavy atom. The van der Waals surface area contributed by atoms with E-state index in [1.54, 1.807) is 13.3 Å². The van der Waals surface area contributed by atoms with Gasteiger partial charge in [0.1, 0.15) is 16.8 Å². The predicted octanol–water partition coefficient (Wildman–Crippen LogP) is 1.45. The first kappa shape index (κ1) is 16.0. The first-order valence-corrected chi connectivity index (χ1v) is 7.83. The molecule has 0 unspecified atom stereocenters. The zero-order chi connectivity index (χ0) is 17.1. The molecule has 0 atom stereocenters. The molecule has 2 aromatic heterocycles. The molecule has 0 radical (unpaired) electrons. The fourth-order valence-corrected chi connectivity index (χ4v) is 2.77. The molecule has 0 saturated carbocycles. The highest BCUT2D eigenvalue weighted by Gasteiger charge is 2.11. The number of hydrogen-bond acceptors (Lipinski definition) is 4. The number of ether oxygens (including phenoxy) is 1. The van der Waals surface area contributed by atoms with Gasteiger partial charge in [0, 0.05) is 13.6 Å². The van der Waals surface area contributed by atoms with E-state index in [0.29, 0.717) is 19.5 Å². The second kappa shape index (κ2) is 6.74. The van der Waals surface area contributed by atoms with Crippen molar-refractivity contribution in [1.29, 1.82) is 0 Å². The monoisotopic (exact) mass is 327 g/mol. The molecule has 7 nitrogen and oxygen atoms in total. The van der Waals surface area contributed by atoms with Gasteiger partial charge in [-0.3, -0.25) is 14.2 Å². The highest BCUT2D eigenvalue weighted by atomic mass is 16.5. The summed E-state index contributed by atoms with van der Waals surface area (Å²) in [7, 11) is 3.52. The average Bonchev–Trinajstić information content (AvgIpc) is 3.11. The van der Waals surface area contributed by atoms with Gasteiger partial charge in [-0.15, -0.1) is 0 Å². The smallest absolute Gasteiger partial charge is 0.224 e. The summed E-state index contributed by atoms with van der Waals surface area (Å²) in [6.45, 7) is 3.10. The highest BCUT2D eigenvalue weighted by Crippen LogP contribution is 2.16. The van der Waals surface area contributed by atoms with Crippen LogP contribution in [0.15, 0.2) is 30.5 Å². The Balaban J connectivity index is 1.54. The van der Waals surface area contributed by atoms with E-state index in [-0.39, 0.29) is 5.91 Å². The molecule has 1 aromatic carbocycles.